The van der Waals surface area contributed by atoms with Crippen LogP contribution in [-0.4, -0.2) is 0 Å². The number of aromatic nitrogens is 1. The molecule has 1 aromatic heterocycles. The van der Waals surface area contributed by atoms with Gasteiger partial charge in [0.15, 0.2) is 6.20 Å². The maximum Gasteiger partial charge on any atom is 0.237 e. The van der Waals surface area contributed by atoms with E-state index in [1.54, 1.807) is 5.01 Å². The van der Waals surface area contributed by atoms with E-state index in [1.807, 2.05) is 11.3 Å². The summed E-state index contributed by atoms with van der Waals surface area (Å²) in [6.45, 7) is 1.25. The number of thiazole rings is 1. The normalized spacial score (nSPS) is 16.5. The number of hydrogen-bond acceptors (Lipinski definition) is 1. The predicted octanol–water partition coefficient (Wildman–Crippen LogP) is 0.982. The van der Waals surface area contributed by atoms with E-state index >= 15 is 0 Å². The minimum absolute atomic E-state index is 1.25. The van der Waals surface area contributed by atoms with Gasteiger partial charge >= 0.3 is 0 Å². The van der Waals surface area contributed by atoms with Crippen LogP contribution in [0.25, 0.3) is 0 Å². The van der Waals surface area contributed by atoms with E-state index in [9.17, 15) is 0 Å². The van der Waals surface area contributed by atoms with Crippen LogP contribution in [0.3, 0.4) is 0 Å². The summed E-state index contributed by atoms with van der Waals surface area (Å²) in [6, 6.07) is 0. The van der Waals surface area contributed by atoms with Crippen LogP contribution in [0.15, 0.2) is 11.6 Å². The number of fused-ring (bicyclic) bond motifs is 1. The molecule has 0 saturated heterocycles. The molecular weight excluding hydrogens is 118 g/mol. The number of hydrogen-bond donors (Lipinski definition) is 0. The van der Waals surface area contributed by atoms with E-state index in [0.717, 1.165) is 0 Å². The lowest BCUT2D eigenvalue weighted by Crippen LogP contribution is -2.28. The first-order valence-electron chi connectivity index (χ1n) is 2.92. The average molecular weight is 126 g/mol. The summed E-state index contributed by atoms with van der Waals surface area (Å²) >= 11 is 1.87. The summed E-state index contributed by atoms with van der Waals surface area (Å²) in [5.74, 6) is 0. The van der Waals surface area contributed by atoms with Crippen molar-refractivity contribution in [1.29, 1.82) is 0 Å². The maximum absolute atomic E-state index is 2.34. The molecule has 2 heterocycles. The second-order valence-corrected chi connectivity index (χ2v) is 3.07. The Morgan fingerprint density at radius 2 is 2.62 bits per heavy atom. The molecule has 0 radical (unpaired) electrons. The summed E-state index contributed by atoms with van der Waals surface area (Å²) in [5.41, 5.74) is 0. The lowest BCUT2D eigenvalue weighted by molar-refractivity contribution is -0.685. The quantitative estimate of drug-likeness (QED) is 0.456. The van der Waals surface area contributed by atoms with Gasteiger partial charge in [-0.05, 0) is 0 Å². The lowest BCUT2D eigenvalue weighted by Gasteiger charge is -1.74. The topological polar surface area (TPSA) is 3.88 Å². The van der Waals surface area contributed by atoms with Crippen molar-refractivity contribution in [1.82, 2.24) is 0 Å². The van der Waals surface area contributed by atoms with Gasteiger partial charge in [0.1, 0.15) is 6.54 Å². The van der Waals surface area contributed by atoms with Crippen LogP contribution < -0.4 is 4.57 Å². The third kappa shape index (κ3) is 0.494. The van der Waals surface area contributed by atoms with Crippen LogP contribution in [-0.2, 0) is 13.0 Å². The molecule has 2 heteroatoms. The van der Waals surface area contributed by atoms with E-state index in [0.29, 0.717) is 0 Å². The second-order valence-electron chi connectivity index (χ2n) is 2.09. The Bertz CT molecular complexity index is 174. The minimum atomic E-state index is 1.25. The van der Waals surface area contributed by atoms with Crippen LogP contribution >= 0.6 is 11.3 Å². The molecule has 0 bridgehead atoms. The third-order valence-corrected chi connectivity index (χ3v) is 2.52. The molecule has 0 aliphatic carbocycles. The summed E-state index contributed by atoms with van der Waals surface area (Å²) in [4.78, 5) is 0. The Balaban J connectivity index is 2.54. The molecule has 2 rings (SSSR count). The SMILES string of the molecule is c1c[n+]2c(s1)CCC2. The summed E-state index contributed by atoms with van der Waals surface area (Å²) in [6.07, 6.45) is 4.83. The molecule has 1 nitrogen and oxygen atoms in total. The summed E-state index contributed by atoms with van der Waals surface area (Å²) in [5, 5.41) is 3.71. The standard InChI is InChI=1S/C6H8NS/c1-2-6-7(3-1)4-5-8-6/h4-5H,1-3H2/q+1. The molecule has 0 spiro atoms. The second kappa shape index (κ2) is 1.55. The minimum Gasteiger partial charge on any atom is -0.193 e. The Labute approximate surface area is 52.6 Å². The molecular formula is C6H8NS+. The molecule has 0 amide bonds. The first kappa shape index (κ1) is 4.50. The molecule has 0 unspecified atom stereocenters. The van der Waals surface area contributed by atoms with Crippen molar-refractivity contribution in [2.24, 2.45) is 0 Å². The highest BCUT2D eigenvalue weighted by atomic mass is 32.1. The molecule has 1 aliphatic heterocycles. The van der Waals surface area contributed by atoms with E-state index in [1.165, 1.54) is 19.4 Å². The summed E-state index contributed by atoms with van der Waals surface area (Å²) in [7, 11) is 0. The average Bonchev–Trinajstić information content (AvgIpc) is 2.15. The monoisotopic (exact) mass is 126 g/mol. The van der Waals surface area contributed by atoms with Crippen molar-refractivity contribution < 1.29 is 4.57 Å². The van der Waals surface area contributed by atoms with Gasteiger partial charge < -0.3 is 0 Å². The van der Waals surface area contributed by atoms with Gasteiger partial charge in [-0.15, -0.1) is 0 Å². The number of rotatable bonds is 0. The fraction of sp³-hybridized carbons (Fsp3) is 0.500. The molecule has 0 saturated carbocycles. The van der Waals surface area contributed by atoms with Gasteiger partial charge in [-0.1, -0.05) is 11.3 Å². The fourth-order valence-electron chi connectivity index (χ4n) is 1.14. The lowest BCUT2D eigenvalue weighted by atomic mass is 10.4. The summed E-state index contributed by atoms with van der Waals surface area (Å²) < 4.78 is 2.34. The maximum atomic E-state index is 2.34. The molecule has 42 valence electrons. The van der Waals surface area contributed by atoms with E-state index < -0.39 is 0 Å². The van der Waals surface area contributed by atoms with Crippen molar-refractivity contribution >= 4 is 11.3 Å². The Morgan fingerprint density at radius 3 is 3.50 bits per heavy atom. The van der Waals surface area contributed by atoms with Crippen LogP contribution in [0, 0.1) is 0 Å². The Hall–Kier alpha value is -0.370. The predicted molar refractivity (Wildman–Crippen MR) is 32.8 cm³/mol. The van der Waals surface area contributed by atoms with Crippen molar-refractivity contribution in [3.05, 3.63) is 16.6 Å². The van der Waals surface area contributed by atoms with Crippen molar-refractivity contribution in [2.75, 3.05) is 0 Å². The first-order valence-corrected chi connectivity index (χ1v) is 3.80. The van der Waals surface area contributed by atoms with Crippen LogP contribution in [0.5, 0.6) is 0 Å². The molecule has 0 atom stereocenters. The van der Waals surface area contributed by atoms with Gasteiger partial charge in [0.05, 0.1) is 5.38 Å². The zero-order chi connectivity index (χ0) is 5.40. The highest BCUT2D eigenvalue weighted by Crippen LogP contribution is 2.10. The van der Waals surface area contributed by atoms with Crippen molar-refractivity contribution in [3.8, 4) is 0 Å². The fourth-order valence-corrected chi connectivity index (χ4v) is 2.05. The number of aryl methyl sites for hydroxylation is 2. The zero-order valence-corrected chi connectivity index (χ0v) is 5.45. The highest BCUT2D eigenvalue weighted by molar-refractivity contribution is 7.09. The van der Waals surface area contributed by atoms with Crippen molar-refractivity contribution in [3.63, 3.8) is 0 Å². The highest BCUT2D eigenvalue weighted by Gasteiger charge is 2.18. The molecule has 0 aromatic carbocycles. The van der Waals surface area contributed by atoms with Gasteiger partial charge in [-0.25, -0.2) is 0 Å². The van der Waals surface area contributed by atoms with Gasteiger partial charge in [0.25, 0.3) is 0 Å². The van der Waals surface area contributed by atoms with Crippen molar-refractivity contribution in [2.45, 2.75) is 19.4 Å². The van der Waals surface area contributed by atoms with Gasteiger partial charge in [0, 0.05) is 12.8 Å². The molecule has 1 aromatic rings. The first-order chi connectivity index (χ1) is 3.97. The van der Waals surface area contributed by atoms with Crippen LogP contribution in [0.4, 0.5) is 0 Å². The molecule has 1 aliphatic rings. The molecule has 0 fully saturated rings. The molecule has 0 N–H and O–H groups in total. The largest absolute Gasteiger partial charge is 0.237 e. The Morgan fingerprint density at radius 1 is 1.62 bits per heavy atom. The smallest absolute Gasteiger partial charge is 0.193 e. The van der Waals surface area contributed by atoms with Gasteiger partial charge in [-0.3, -0.25) is 0 Å². The van der Waals surface area contributed by atoms with E-state index in [-0.39, 0.29) is 0 Å². The third-order valence-electron chi connectivity index (χ3n) is 1.55. The van der Waals surface area contributed by atoms with E-state index in [4.69, 9.17) is 0 Å². The number of nitrogens with zero attached hydrogens (tertiary/aromatic N) is 1. The van der Waals surface area contributed by atoms with Gasteiger partial charge in [-0.2, -0.15) is 4.57 Å². The van der Waals surface area contributed by atoms with Crippen LogP contribution in [0.2, 0.25) is 0 Å². The van der Waals surface area contributed by atoms with E-state index in [2.05, 4.69) is 16.1 Å². The zero-order valence-electron chi connectivity index (χ0n) is 4.63. The Kier molecular flexibility index (Phi) is 0.875. The van der Waals surface area contributed by atoms with Crippen LogP contribution in [0.1, 0.15) is 11.4 Å². The molecule has 8 heavy (non-hydrogen) atoms. The van der Waals surface area contributed by atoms with Gasteiger partial charge in [0.2, 0.25) is 5.01 Å².